The maximum atomic E-state index is 13.9. The zero-order chi connectivity index (χ0) is 21.7. The first-order valence-corrected chi connectivity index (χ1v) is 9.23. The number of alkyl halides is 3. The number of imidazole rings is 1. The lowest BCUT2D eigenvalue weighted by Gasteiger charge is -2.30. The van der Waals surface area contributed by atoms with E-state index >= 15 is 0 Å². The minimum Gasteiger partial charge on any atom is -0.466 e. The molecule has 0 bridgehead atoms. The number of nitrogens with zero attached hydrogens (tertiary/aromatic N) is 2. The number of ether oxygens (including phenoxy) is 2. The van der Waals surface area contributed by atoms with Crippen LogP contribution in [-0.2, 0) is 25.2 Å². The molecule has 29 heavy (non-hydrogen) atoms. The molecule has 1 aliphatic rings. The molecule has 2 aromatic rings. The predicted octanol–water partition coefficient (Wildman–Crippen LogP) is 3.30. The average molecular weight is 429 g/mol. The number of hydrogen-bond donors (Lipinski definition) is 1. The van der Waals surface area contributed by atoms with Gasteiger partial charge in [-0.05, 0) is 20.8 Å². The van der Waals surface area contributed by atoms with Gasteiger partial charge in [0, 0.05) is 22.5 Å². The van der Waals surface area contributed by atoms with Crippen molar-refractivity contribution in [3.63, 3.8) is 0 Å². The van der Waals surface area contributed by atoms with Crippen molar-refractivity contribution in [2.24, 2.45) is 0 Å². The zero-order valence-electron chi connectivity index (χ0n) is 16.2. The van der Waals surface area contributed by atoms with Crippen molar-refractivity contribution in [2.45, 2.75) is 32.9 Å². The molecule has 0 aliphatic carbocycles. The third-order valence-electron chi connectivity index (χ3n) is 4.59. The van der Waals surface area contributed by atoms with Crippen LogP contribution in [0.5, 0.6) is 0 Å². The summed E-state index contributed by atoms with van der Waals surface area (Å²) in [5, 5.41) is 2.86. The van der Waals surface area contributed by atoms with Gasteiger partial charge in [0.2, 0.25) is 0 Å². The van der Waals surface area contributed by atoms with Gasteiger partial charge < -0.3 is 14.8 Å². The van der Waals surface area contributed by atoms with E-state index in [-0.39, 0.29) is 33.2 Å². The second-order valence-corrected chi connectivity index (χ2v) is 7.67. The van der Waals surface area contributed by atoms with E-state index in [2.05, 4.69) is 10.3 Å². The number of carbonyl (C=O) groups excluding carboxylic acids is 2. The molecule has 2 aromatic heterocycles. The Kier molecular flexibility index (Phi) is 5.20. The summed E-state index contributed by atoms with van der Waals surface area (Å²) in [6, 6.07) is 0. The molecular formula is C18H18F3N3O4S. The van der Waals surface area contributed by atoms with Crippen LogP contribution in [0.15, 0.2) is 28.7 Å². The van der Waals surface area contributed by atoms with E-state index in [9.17, 15) is 22.8 Å². The highest BCUT2D eigenvalue weighted by Crippen LogP contribution is 2.45. The molecule has 0 atom stereocenters. The van der Waals surface area contributed by atoms with Gasteiger partial charge in [0.1, 0.15) is 0 Å². The topological polar surface area (TPSA) is 81.9 Å². The van der Waals surface area contributed by atoms with Crippen molar-refractivity contribution in [2.75, 3.05) is 14.2 Å². The summed E-state index contributed by atoms with van der Waals surface area (Å²) in [6.07, 6.45) is -3.31. The first kappa shape index (κ1) is 20.9. The Labute approximate surface area is 167 Å². The molecule has 0 saturated heterocycles. The van der Waals surface area contributed by atoms with E-state index in [1.54, 1.807) is 6.92 Å². The van der Waals surface area contributed by atoms with Gasteiger partial charge in [-0.15, -0.1) is 11.3 Å². The van der Waals surface area contributed by atoms with Crippen molar-refractivity contribution in [3.05, 3.63) is 45.0 Å². The Hall–Kier alpha value is -2.82. The van der Waals surface area contributed by atoms with Crippen LogP contribution in [0.2, 0.25) is 0 Å². The molecule has 11 heteroatoms. The molecule has 0 aromatic carbocycles. The summed E-state index contributed by atoms with van der Waals surface area (Å²) in [6.45, 7) is 4.78. The number of esters is 2. The van der Waals surface area contributed by atoms with E-state index in [0.29, 0.717) is 0 Å². The number of nitrogens with one attached hydrogen (secondary N) is 1. The fraction of sp³-hybridized carbons (Fsp3) is 0.389. The van der Waals surface area contributed by atoms with Crippen LogP contribution in [0.4, 0.5) is 13.2 Å². The fourth-order valence-electron chi connectivity index (χ4n) is 3.49. The molecule has 1 aliphatic heterocycles. The molecule has 156 valence electrons. The molecule has 1 N–H and O–H groups in total. The number of dihydropyridines is 1. The van der Waals surface area contributed by atoms with E-state index in [1.165, 1.54) is 24.4 Å². The van der Waals surface area contributed by atoms with Gasteiger partial charge in [-0.1, -0.05) is 0 Å². The zero-order valence-corrected chi connectivity index (χ0v) is 17.0. The number of methoxy groups -OCH3 is 2. The van der Waals surface area contributed by atoms with E-state index in [4.69, 9.17) is 9.47 Å². The summed E-state index contributed by atoms with van der Waals surface area (Å²) in [7, 11) is 2.24. The van der Waals surface area contributed by atoms with Gasteiger partial charge in [0.05, 0.1) is 37.0 Å². The third-order valence-corrected chi connectivity index (χ3v) is 5.49. The Morgan fingerprint density at radius 3 is 2.07 bits per heavy atom. The summed E-state index contributed by atoms with van der Waals surface area (Å²) in [5.41, 5.74) is -1.18. The van der Waals surface area contributed by atoms with Crippen LogP contribution >= 0.6 is 11.3 Å². The Balaban J connectivity index is 2.44. The van der Waals surface area contributed by atoms with E-state index < -0.39 is 29.7 Å². The lowest BCUT2D eigenvalue weighted by atomic mass is 9.82. The Bertz CT molecular complexity index is 1040. The molecule has 0 amide bonds. The van der Waals surface area contributed by atoms with Gasteiger partial charge in [0.15, 0.2) is 10.7 Å². The minimum absolute atomic E-state index is 0.104. The Morgan fingerprint density at radius 2 is 1.62 bits per heavy atom. The molecule has 7 nitrogen and oxygen atoms in total. The van der Waals surface area contributed by atoms with Crippen LogP contribution in [-0.4, -0.2) is 35.5 Å². The van der Waals surface area contributed by atoms with Gasteiger partial charge in [0.25, 0.3) is 0 Å². The van der Waals surface area contributed by atoms with Crippen molar-refractivity contribution in [3.8, 4) is 0 Å². The molecule has 3 rings (SSSR count). The highest BCUT2D eigenvalue weighted by atomic mass is 32.1. The quantitative estimate of drug-likeness (QED) is 0.754. The normalized spacial score (nSPS) is 15.7. The smallest absolute Gasteiger partial charge is 0.435 e. The summed E-state index contributed by atoms with van der Waals surface area (Å²) in [4.78, 5) is 29.7. The van der Waals surface area contributed by atoms with Crippen LogP contribution in [0, 0.1) is 6.92 Å². The van der Waals surface area contributed by atoms with Crippen LogP contribution in [0.25, 0.3) is 4.96 Å². The van der Waals surface area contributed by atoms with E-state index in [1.807, 2.05) is 0 Å². The predicted molar refractivity (Wildman–Crippen MR) is 98.1 cm³/mol. The molecular weight excluding hydrogens is 411 g/mol. The summed E-state index contributed by atoms with van der Waals surface area (Å²) < 4.78 is 52.5. The second-order valence-electron chi connectivity index (χ2n) is 6.46. The number of allylic oxidation sites excluding steroid dienone is 2. The van der Waals surface area contributed by atoms with Crippen LogP contribution in [0.1, 0.15) is 36.0 Å². The molecule has 0 radical (unpaired) electrons. The maximum Gasteiger partial charge on any atom is 0.435 e. The maximum absolute atomic E-state index is 13.9. The largest absolute Gasteiger partial charge is 0.466 e. The number of carbonyl (C=O) groups is 2. The van der Waals surface area contributed by atoms with Crippen molar-refractivity contribution in [1.29, 1.82) is 0 Å². The number of hydrogen-bond acceptors (Lipinski definition) is 7. The summed E-state index contributed by atoms with van der Waals surface area (Å²) >= 11 is 1.07. The molecule has 3 heterocycles. The van der Waals surface area contributed by atoms with Crippen molar-refractivity contribution in [1.82, 2.24) is 14.7 Å². The molecule has 0 saturated carbocycles. The highest BCUT2D eigenvalue weighted by molar-refractivity contribution is 7.17. The number of aromatic nitrogens is 2. The molecule has 0 fully saturated rings. The minimum atomic E-state index is -4.80. The number of aryl methyl sites for hydroxylation is 1. The van der Waals surface area contributed by atoms with Gasteiger partial charge in [-0.3, -0.25) is 4.40 Å². The molecule has 0 unspecified atom stereocenters. The highest BCUT2D eigenvalue weighted by Gasteiger charge is 2.46. The van der Waals surface area contributed by atoms with Gasteiger partial charge in [-0.25, -0.2) is 14.6 Å². The van der Waals surface area contributed by atoms with E-state index in [0.717, 1.165) is 30.4 Å². The monoisotopic (exact) mass is 429 g/mol. The standard InChI is InChI=1S/C18H18F3N3O4S/c1-7-6-24-13(14(18(19,20)21)23-17(24)29-7)12-10(15(25)27-4)8(2)22-9(3)11(12)16(26)28-5/h6,12,22H,1-5H3. The number of fused-ring (bicyclic) bond motifs is 1. The SMILES string of the molecule is COC(=O)C1=C(C)NC(C)=C(C(=O)OC)C1c1c(C(F)(F)F)nc2sc(C)cn12. The van der Waals surface area contributed by atoms with Crippen molar-refractivity contribution >= 4 is 28.2 Å². The Morgan fingerprint density at radius 1 is 1.10 bits per heavy atom. The lowest BCUT2D eigenvalue weighted by molar-refractivity contribution is -0.143. The number of rotatable bonds is 3. The first-order valence-electron chi connectivity index (χ1n) is 8.42. The number of thiazole rings is 1. The average Bonchev–Trinajstić information content (AvgIpc) is 3.15. The summed E-state index contributed by atoms with van der Waals surface area (Å²) in [5.74, 6) is -3.09. The lowest BCUT2D eigenvalue weighted by Crippen LogP contribution is -2.33. The number of halogens is 3. The van der Waals surface area contributed by atoms with Gasteiger partial charge >= 0.3 is 18.1 Å². The van der Waals surface area contributed by atoms with Crippen molar-refractivity contribution < 1.29 is 32.2 Å². The second kappa shape index (κ2) is 7.21. The molecule has 0 spiro atoms. The third kappa shape index (κ3) is 3.39. The van der Waals surface area contributed by atoms with Gasteiger partial charge in [-0.2, -0.15) is 13.2 Å². The van der Waals surface area contributed by atoms with Crippen LogP contribution in [0.3, 0.4) is 0 Å². The van der Waals surface area contributed by atoms with Crippen LogP contribution < -0.4 is 5.32 Å². The first-order chi connectivity index (χ1) is 13.5. The fourth-order valence-corrected chi connectivity index (χ4v) is 4.32.